The molecule has 0 heterocycles. The number of halogens is 1. The van der Waals surface area contributed by atoms with Gasteiger partial charge >= 0.3 is 0 Å². The van der Waals surface area contributed by atoms with E-state index < -0.39 is 0 Å². The lowest BCUT2D eigenvalue weighted by Crippen LogP contribution is -2.64. The highest BCUT2D eigenvalue weighted by molar-refractivity contribution is 14.1. The smallest absolute Gasteiger partial charge is 0.251 e. The zero-order chi connectivity index (χ0) is 15.0. The third kappa shape index (κ3) is 5.01. The molecule has 1 rings (SSSR count). The molecule has 0 aliphatic rings. The van der Waals surface area contributed by atoms with Crippen LogP contribution in [0.15, 0.2) is 24.3 Å². The molecule has 5 nitrogen and oxygen atoms in total. The summed E-state index contributed by atoms with van der Waals surface area (Å²) in [6.07, 6.45) is 2.61. The number of rotatable bonds is 8. The molecule has 0 aliphatic carbocycles. The molecule has 0 aromatic heterocycles. The highest BCUT2D eigenvalue weighted by atomic mass is 127. The molecule has 0 aliphatic heterocycles. The van der Waals surface area contributed by atoms with Crippen LogP contribution in [0.4, 0.5) is 0 Å². The van der Waals surface area contributed by atoms with Gasteiger partial charge in [0.25, 0.3) is 5.91 Å². The van der Waals surface area contributed by atoms with Crippen molar-refractivity contribution in [2.75, 3.05) is 19.6 Å². The summed E-state index contributed by atoms with van der Waals surface area (Å²) in [5.41, 5.74) is 12.3. The molecule has 6 heteroatoms. The van der Waals surface area contributed by atoms with Gasteiger partial charge in [-0.05, 0) is 46.9 Å². The molecule has 0 bridgehead atoms. The largest absolute Gasteiger partial charge is 0.357 e. The number of hydrogen-bond acceptors (Lipinski definition) is 1. The van der Waals surface area contributed by atoms with E-state index in [1.54, 1.807) is 0 Å². The number of quaternary nitrogens is 3. The molecule has 0 unspecified atom stereocenters. The van der Waals surface area contributed by atoms with Crippen molar-refractivity contribution in [3.8, 4) is 0 Å². The highest BCUT2D eigenvalue weighted by Gasteiger charge is 2.32. The maximum atomic E-state index is 12.4. The minimum Gasteiger partial charge on any atom is -0.357 e. The van der Waals surface area contributed by atoms with Crippen molar-refractivity contribution in [3.05, 3.63) is 33.4 Å². The Labute approximate surface area is 133 Å². The summed E-state index contributed by atoms with van der Waals surface area (Å²) < 4.78 is 1.12. The third-order valence-electron chi connectivity index (χ3n) is 3.45. The van der Waals surface area contributed by atoms with Crippen molar-refractivity contribution in [1.29, 1.82) is 0 Å². The van der Waals surface area contributed by atoms with Crippen LogP contribution in [0.5, 0.6) is 0 Å². The second kappa shape index (κ2) is 8.56. The molecule has 112 valence electrons. The molecule has 0 fully saturated rings. The Balaban J connectivity index is 2.86. The molecule has 1 aromatic carbocycles. The zero-order valence-corrected chi connectivity index (χ0v) is 14.1. The Morgan fingerprint density at radius 1 is 1.00 bits per heavy atom. The Bertz CT molecular complexity index is 405. The Morgan fingerprint density at radius 2 is 1.45 bits per heavy atom. The van der Waals surface area contributed by atoms with Crippen LogP contribution in [0.3, 0.4) is 0 Å². The normalized spacial score (nSPS) is 11.4. The molecule has 20 heavy (non-hydrogen) atoms. The number of carbonyl (C=O) groups is 1. The van der Waals surface area contributed by atoms with E-state index in [1.165, 1.54) is 0 Å². The minimum absolute atomic E-state index is 0.0169. The fraction of sp³-hybridized carbons (Fsp3) is 0.500. The molecule has 1 amide bonds. The van der Waals surface area contributed by atoms with Crippen LogP contribution in [0.25, 0.3) is 0 Å². The predicted molar refractivity (Wildman–Crippen MR) is 86.5 cm³/mol. The number of amides is 1. The summed E-state index contributed by atoms with van der Waals surface area (Å²) in [6, 6.07) is 7.61. The van der Waals surface area contributed by atoms with Gasteiger partial charge in [0.15, 0.2) is 0 Å². The first-order chi connectivity index (χ1) is 9.56. The lowest BCUT2D eigenvalue weighted by Gasteiger charge is -2.32. The van der Waals surface area contributed by atoms with E-state index in [1.807, 2.05) is 24.3 Å². The van der Waals surface area contributed by atoms with E-state index in [-0.39, 0.29) is 11.4 Å². The molecular weight excluding hydrogens is 367 g/mol. The molecule has 0 radical (unpaired) electrons. The van der Waals surface area contributed by atoms with Crippen LogP contribution in [-0.2, 0) is 0 Å². The van der Waals surface area contributed by atoms with Crippen molar-refractivity contribution < 1.29 is 22.0 Å². The first-order valence-electron chi connectivity index (χ1n) is 7.03. The molecule has 0 spiro atoms. The second-order valence-corrected chi connectivity index (χ2v) is 6.30. The van der Waals surface area contributed by atoms with E-state index in [4.69, 9.17) is 0 Å². The second-order valence-electron chi connectivity index (χ2n) is 5.05. The number of benzene rings is 1. The number of hydrogen-bond donors (Lipinski definition) is 4. The predicted octanol–water partition coefficient (Wildman–Crippen LogP) is -1.34. The quantitative estimate of drug-likeness (QED) is 0.403. The van der Waals surface area contributed by atoms with E-state index >= 15 is 0 Å². The van der Waals surface area contributed by atoms with Crippen molar-refractivity contribution in [2.45, 2.75) is 24.8 Å². The standard InChI is InChI=1S/C14H23IN4O/c15-12-3-1-11(2-4-12)13(20)19-14(5-8-16,6-9-17)7-10-18/h1-4H,5-10,16-18H2,(H,19,20)/p+3. The lowest BCUT2D eigenvalue weighted by atomic mass is 9.87. The van der Waals surface area contributed by atoms with Crippen molar-refractivity contribution in [3.63, 3.8) is 0 Å². The Hall–Kier alpha value is -0.700. The van der Waals surface area contributed by atoms with E-state index in [9.17, 15) is 4.79 Å². The minimum atomic E-state index is -0.217. The Kier molecular flexibility index (Phi) is 7.42. The van der Waals surface area contributed by atoms with E-state index in [0.29, 0.717) is 5.56 Å². The van der Waals surface area contributed by atoms with E-state index in [2.05, 4.69) is 45.1 Å². The van der Waals surface area contributed by atoms with Crippen LogP contribution in [0, 0.1) is 3.57 Å². The summed E-state index contributed by atoms with van der Waals surface area (Å²) >= 11 is 2.23. The first-order valence-corrected chi connectivity index (χ1v) is 8.10. The summed E-state index contributed by atoms with van der Waals surface area (Å²) in [5, 5.41) is 3.21. The van der Waals surface area contributed by atoms with Gasteiger partial charge in [-0.1, -0.05) is 0 Å². The van der Waals surface area contributed by atoms with Gasteiger partial charge in [0.1, 0.15) is 0 Å². The molecule has 0 saturated carbocycles. The highest BCUT2D eigenvalue weighted by Crippen LogP contribution is 2.19. The Morgan fingerprint density at radius 3 is 1.85 bits per heavy atom. The summed E-state index contributed by atoms with van der Waals surface area (Å²) in [5.74, 6) is -0.0169. The zero-order valence-electron chi connectivity index (χ0n) is 12.0. The molecule has 0 saturated heterocycles. The molecule has 10 N–H and O–H groups in total. The van der Waals surface area contributed by atoms with Crippen molar-refractivity contribution in [2.24, 2.45) is 0 Å². The van der Waals surface area contributed by atoms with Crippen LogP contribution in [-0.4, -0.2) is 31.1 Å². The molecule has 0 atom stereocenters. The average Bonchev–Trinajstić information content (AvgIpc) is 2.40. The van der Waals surface area contributed by atoms with Crippen molar-refractivity contribution in [1.82, 2.24) is 5.32 Å². The average molecular weight is 393 g/mol. The van der Waals surface area contributed by atoms with Gasteiger partial charge in [0, 0.05) is 28.4 Å². The van der Waals surface area contributed by atoms with Gasteiger partial charge in [0.05, 0.1) is 25.2 Å². The van der Waals surface area contributed by atoms with Gasteiger partial charge in [-0.3, -0.25) is 4.79 Å². The third-order valence-corrected chi connectivity index (χ3v) is 4.17. The van der Waals surface area contributed by atoms with Crippen molar-refractivity contribution >= 4 is 28.5 Å². The van der Waals surface area contributed by atoms with Crippen LogP contribution >= 0.6 is 22.6 Å². The van der Waals surface area contributed by atoms with Crippen LogP contribution in [0.2, 0.25) is 0 Å². The fourth-order valence-corrected chi connectivity index (χ4v) is 2.85. The fourth-order valence-electron chi connectivity index (χ4n) is 2.49. The summed E-state index contributed by atoms with van der Waals surface area (Å²) in [6.45, 7) is 2.40. The van der Waals surface area contributed by atoms with Gasteiger partial charge in [-0.15, -0.1) is 0 Å². The van der Waals surface area contributed by atoms with E-state index in [0.717, 1.165) is 42.5 Å². The van der Waals surface area contributed by atoms with Gasteiger partial charge in [0.2, 0.25) is 0 Å². The summed E-state index contributed by atoms with van der Waals surface area (Å²) in [7, 11) is 0. The SMILES string of the molecule is [NH3+]CCC(CC[NH3+])(CC[NH3+])NC(=O)c1ccc(I)cc1. The molecule has 1 aromatic rings. The van der Waals surface area contributed by atoms with Crippen LogP contribution < -0.4 is 22.5 Å². The first kappa shape index (κ1) is 17.4. The lowest BCUT2D eigenvalue weighted by molar-refractivity contribution is -0.387. The summed E-state index contributed by atoms with van der Waals surface area (Å²) in [4.78, 5) is 12.4. The topological polar surface area (TPSA) is 112 Å². The van der Waals surface area contributed by atoms with Gasteiger partial charge in [-0.25, -0.2) is 0 Å². The molecular formula is C14H26IN4O+3. The monoisotopic (exact) mass is 393 g/mol. The van der Waals surface area contributed by atoms with Gasteiger partial charge < -0.3 is 22.5 Å². The number of carbonyl (C=O) groups excluding carboxylic acids is 1. The maximum Gasteiger partial charge on any atom is 0.251 e. The maximum absolute atomic E-state index is 12.4. The number of nitrogens with one attached hydrogen (secondary N) is 1. The van der Waals surface area contributed by atoms with Gasteiger partial charge in [-0.2, -0.15) is 0 Å². The van der Waals surface area contributed by atoms with Crippen LogP contribution in [0.1, 0.15) is 29.6 Å².